The Labute approximate surface area is 116 Å². The lowest BCUT2D eigenvalue weighted by atomic mass is 10.1. The standard InChI is InChI=1S/C14H17BrN2O/c1-9(2)16-7-11-8-18-14(17-11)12-6-4-5-10(3)13(12)15/h4-6,8-9,16H,7H2,1-3H3. The zero-order chi connectivity index (χ0) is 13.1. The van der Waals surface area contributed by atoms with Gasteiger partial charge in [0.05, 0.1) is 11.3 Å². The molecule has 2 rings (SSSR count). The SMILES string of the molecule is Cc1cccc(-c2nc(CNC(C)C)co2)c1Br. The van der Waals surface area contributed by atoms with E-state index in [1.165, 1.54) is 5.56 Å². The van der Waals surface area contributed by atoms with Crippen LogP contribution in [0.5, 0.6) is 0 Å². The van der Waals surface area contributed by atoms with Crippen molar-refractivity contribution in [3.05, 3.63) is 40.2 Å². The highest BCUT2D eigenvalue weighted by Gasteiger charge is 2.11. The first-order valence-corrected chi connectivity index (χ1v) is 6.80. The molecule has 0 spiro atoms. The predicted molar refractivity (Wildman–Crippen MR) is 76.4 cm³/mol. The minimum atomic E-state index is 0.441. The van der Waals surface area contributed by atoms with Crippen LogP contribution < -0.4 is 5.32 Å². The number of rotatable bonds is 4. The van der Waals surface area contributed by atoms with Crippen LogP contribution in [0.2, 0.25) is 0 Å². The molecule has 3 nitrogen and oxygen atoms in total. The van der Waals surface area contributed by atoms with E-state index >= 15 is 0 Å². The quantitative estimate of drug-likeness (QED) is 0.930. The number of hydrogen-bond donors (Lipinski definition) is 1. The Hall–Kier alpha value is -1.13. The number of nitrogens with zero attached hydrogens (tertiary/aromatic N) is 1. The second-order valence-electron chi connectivity index (χ2n) is 4.62. The van der Waals surface area contributed by atoms with Crippen LogP contribution in [0.3, 0.4) is 0 Å². The van der Waals surface area contributed by atoms with Gasteiger partial charge in [-0.1, -0.05) is 26.0 Å². The van der Waals surface area contributed by atoms with E-state index in [0.29, 0.717) is 11.9 Å². The van der Waals surface area contributed by atoms with E-state index < -0.39 is 0 Å². The second-order valence-corrected chi connectivity index (χ2v) is 5.41. The van der Waals surface area contributed by atoms with Crippen LogP contribution >= 0.6 is 15.9 Å². The summed E-state index contributed by atoms with van der Waals surface area (Å²) in [4.78, 5) is 4.50. The Balaban J connectivity index is 2.21. The van der Waals surface area contributed by atoms with Crippen molar-refractivity contribution in [3.63, 3.8) is 0 Å². The van der Waals surface area contributed by atoms with E-state index in [-0.39, 0.29) is 0 Å². The molecule has 0 saturated carbocycles. The first-order valence-electron chi connectivity index (χ1n) is 6.01. The number of hydrogen-bond acceptors (Lipinski definition) is 3. The van der Waals surface area contributed by atoms with Crippen molar-refractivity contribution in [2.75, 3.05) is 0 Å². The lowest BCUT2D eigenvalue weighted by molar-refractivity contribution is 0.560. The van der Waals surface area contributed by atoms with Crippen LogP contribution in [0.4, 0.5) is 0 Å². The molecule has 0 saturated heterocycles. The van der Waals surface area contributed by atoms with Crippen LogP contribution in [-0.4, -0.2) is 11.0 Å². The second kappa shape index (κ2) is 5.67. The zero-order valence-electron chi connectivity index (χ0n) is 10.8. The minimum absolute atomic E-state index is 0.441. The number of aryl methyl sites for hydroxylation is 1. The number of aromatic nitrogens is 1. The topological polar surface area (TPSA) is 38.1 Å². The smallest absolute Gasteiger partial charge is 0.227 e. The highest BCUT2D eigenvalue weighted by Crippen LogP contribution is 2.30. The van der Waals surface area contributed by atoms with Crippen LogP contribution in [0, 0.1) is 6.92 Å². The van der Waals surface area contributed by atoms with Gasteiger partial charge in [-0.25, -0.2) is 4.98 Å². The third kappa shape index (κ3) is 3.00. The Morgan fingerprint density at radius 2 is 2.17 bits per heavy atom. The normalized spacial score (nSPS) is 11.2. The Morgan fingerprint density at radius 1 is 1.39 bits per heavy atom. The van der Waals surface area contributed by atoms with Gasteiger partial charge >= 0.3 is 0 Å². The molecule has 4 heteroatoms. The summed E-state index contributed by atoms with van der Waals surface area (Å²) < 4.78 is 6.57. The van der Waals surface area contributed by atoms with Crippen molar-refractivity contribution in [1.29, 1.82) is 0 Å². The Kier molecular flexibility index (Phi) is 4.19. The maximum absolute atomic E-state index is 5.54. The van der Waals surface area contributed by atoms with Crippen molar-refractivity contribution in [3.8, 4) is 11.5 Å². The molecule has 1 heterocycles. The molecule has 0 unspecified atom stereocenters. The molecular weight excluding hydrogens is 292 g/mol. The number of halogens is 1. The van der Waals surface area contributed by atoms with Gasteiger partial charge in [0.25, 0.3) is 0 Å². The summed E-state index contributed by atoms with van der Waals surface area (Å²) in [5.41, 5.74) is 3.09. The average molecular weight is 309 g/mol. The summed E-state index contributed by atoms with van der Waals surface area (Å²) in [6.45, 7) is 7.00. The predicted octanol–water partition coefficient (Wildman–Crippen LogP) is 3.91. The summed E-state index contributed by atoms with van der Waals surface area (Å²) in [5.74, 6) is 0.658. The molecule has 2 aromatic rings. The molecule has 0 aliphatic heterocycles. The van der Waals surface area contributed by atoms with E-state index in [1.54, 1.807) is 6.26 Å². The molecule has 0 amide bonds. The lowest BCUT2D eigenvalue weighted by Gasteiger charge is -2.04. The highest BCUT2D eigenvalue weighted by atomic mass is 79.9. The molecule has 1 aromatic heterocycles. The molecule has 18 heavy (non-hydrogen) atoms. The fraction of sp³-hybridized carbons (Fsp3) is 0.357. The van der Waals surface area contributed by atoms with Gasteiger partial charge in [0.1, 0.15) is 6.26 Å². The van der Waals surface area contributed by atoms with Crippen molar-refractivity contribution < 1.29 is 4.42 Å². The fourth-order valence-electron chi connectivity index (χ4n) is 1.63. The van der Waals surface area contributed by atoms with Crippen LogP contribution in [0.25, 0.3) is 11.5 Å². The van der Waals surface area contributed by atoms with Gasteiger partial charge in [0, 0.05) is 17.1 Å². The van der Waals surface area contributed by atoms with Gasteiger partial charge in [-0.2, -0.15) is 0 Å². The Morgan fingerprint density at radius 3 is 2.89 bits per heavy atom. The number of benzene rings is 1. The number of nitrogens with one attached hydrogen (secondary N) is 1. The molecule has 1 N–H and O–H groups in total. The molecule has 0 aliphatic carbocycles. The molecule has 0 fully saturated rings. The van der Waals surface area contributed by atoms with Crippen LogP contribution in [-0.2, 0) is 6.54 Å². The van der Waals surface area contributed by atoms with Crippen molar-refractivity contribution >= 4 is 15.9 Å². The lowest BCUT2D eigenvalue weighted by Crippen LogP contribution is -2.21. The van der Waals surface area contributed by atoms with Crippen LogP contribution in [0.15, 0.2) is 33.4 Å². The zero-order valence-corrected chi connectivity index (χ0v) is 12.4. The third-order valence-corrected chi connectivity index (χ3v) is 3.72. The summed E-state index contributed by atoms with van der Waals surface area (Å²) >= 11 is 3.57. The maximum Gasteiger partial charge on any atom is 0.227 e. The molecule has 0 aliphatic rings. The van der Waals surface area contributed by atoms with E-state index in [1.807, 2.05) is 12.1 Å². The van der Waals surface area contributed by atoms with Crippen molar-refractivity contribution in [2.24, 2.45) is 0 Å². The van der Waals surface area contributed by atoms with Gasteiger partial charge in [0.2, 0.25) is 5.89 Å². The monoisotopic (exact) mass is 308 g/mol. The molecule has 0 atom stereocenters. The largest absolute Gasteiger partial charge is 0.444 e. The van der Waals surface area contributed by atoms with Crippen molar-refractivity contribution in [1.82, 2.24) is 10.3 Å². The molecule has 0 radical (unpaired) electrons. The van der Waals surface area contributed by atoms with Gasteiger partial charge in [0.15, 0.2) is 0 Å². The molecular formula is C14H17BrN2O. The Bertz CT molecular complexity index is 534. The summed E-state index contributed by atoms with van der Waals surface area (Å²) in [5, 5.41) is 3.32. The summed E-state index contributed by atoms with van der Waals surface area (Å²) in [6.07, 6.45) is 1.71. The van der Waals surface area contributed by atoms with Gasteiger partial charge in [-0.3, -0.25) is 0 Å². The number of oxazole rings is 1. The highest BCUT2D eigenvalue weighted by molar-refractivity contribution is 9.10. The maximum atomic E-state index is 5.54. The van der Waals surface area contributed by atoms with E-state index in [2.05, 4.69) is 53.1 Å². The summed E-state index contributed by atoms with van der Waals surface area (Å²) in [6, 6.07) is 6.50. The van der Waals surface area contributed by atoms with Gasteiger partial charge in [-0.05, 0) is 34.5 Å². The van der Waals surface area contributed by atoms with E-state index in [4.69, 9.17) is 4.42 Å². The fourth-order valence-corrected chi connectivity index (χ4v) is 2.07. The minimum Gasteiger partial charge on any atom is -0.444 e. The first kappa shape index (κ1) is 13.3. The van der Waals surface area contributed by atoms with Gasteiger partial charge in [-0.15, -0.1) is 0 Å². The van der Waals surface area contributed by atoms with Crippen molar-refractivity contribution in [2.45, 2.75) is 33.4 Å². The molecule has 1 aromatic carbocycles. The summed E-state index contributed by atoms with van der Waals surface area (Å²) in [7, 11) is 0. The van der Waals surface area contributed by atoms with E-state index in [9.17, 15) is 0 Å². The first-order chi connectivity index (χ1) is 8.58. The van der Waals surface area contributed by atoms with E-state index in [0.717, 1.165) is 22.3 Å². The van der Waals surface area contributed by atoms with Crippen LogP contribution in [0.1, 0.15) is 25.1 Å². The average Bonchev–Trinajstić information content (AvgIpc) is 2.78. The molecule has 0 bridgehead atoms. The van der Waals surface area contributed by atoms with Gasteiger partial charge < -0.3 is 9.73 Å². The molecule has 96 valence electrons. The third-order valence-electron chi connectivity index (χ3n) is 2.67.